The smallest absolute Gasteiger partial charge is 0.228 e. The topological polar surface area (TPSA) is 49.0 Å². The molecule has 1 aliphatic heterocycles. The number of H-pyrrole nitrogens is 1. The van der Waals surface area contributed by atoms with Crippen molar-refractivity contribution in [3.8, 4) is 0 Å². The fourth-order valence-electron chi connectivity index (χ4n) is 1.43. The van der Waals surface area contributed by atoms with E-state index in [0.29, 0.717) is 6.42 Å². The van der Waals surface area contributed by atoms with E-state index in [1.165, 1.54) is 0 Å². The Balaban J connectivity index is 2.24. The number of amides is 1. The minimum Gasteiger partial charge on any atom is -0.295 e. The first-order chi connectivity index (χ1) is 5.77. The lowest BCUT2D eigenvalue weighted by Gasteiger charge is -2.10. The zero-order valence-corrected chi connectivity index (χ0v) is 7.00. The molecule has 1 aromatic rings. The molecule has 0 aromatic carbocycles. The molecule has 1 amide bonds. The molecule has 0 atom stereocenters. The van der Waals surface area contributed by atoms with E-state index < -0.39 is 0 Å². The van der Waals surface area contributed by atoms with E-state index >= 15 is 0 Å². The monoisotopic (exact) mass is 165 g/mol. The Kier molecular flexibility index (Phi) is 1.60. The molecule has 1 saturated heterocycles. The summed E-state index contributed by atoms with van der Waals surface area (Å²) in [5.74, 6) is 0.941. The summed E-state index contributed by atoms with van der Waals surface area (Å²) in [6.07, 6.45) is 1.61. The molecule has 4 nitrogen and oxygen atoms in total. The number of anilines is 1. The molecule has 1 aromatic heterocycles. The molecular weight excluding hydrogens is 154 g/mol. The summed E-state index contributed by atoms with van der Waals surface area (Å²) in [6.45, 7) is 2.74. The Morgan fingerprint density at radius 3 is 3.00 bits per heavy atom. The minimum atomic E-state index is 0.182. The van der Waals surface area contributed by atoms with Crippen LogP contribution in [0.25, 0.3) is 0 Å². The SMILES string of the molecule is Cc1cc(N2CCCC2=O)n[nH]1. The first-order valence-electron chi connectivity index (χ1n) is 4.10. The molecule has 64 valence electrons. The average molecular weight is 165 g/mol. The molecule has 0 aliphatic carbocycles. The third kappa shape index (κ3) is 1.09. The predicted octanol–water partition coefficient (Wildman–Crippen LogP) is 0.845. The first kappa shape index (κ1) is 7.34. The second-order valence-corrected chi connectivity index (χ2v) is 3.06. The third-order valence-electron chi connectivity index (χ3n) is 2.04. The van der Waals surface area contributed by atoms with Gasteiger partial charge in [-0.3, -0.25) is 14.8 Å². The molecule has 2 heterocycles. The summed E-state index contributed by atoms with van der Waals surface area (Å²) >= 11 is 0. The van der Waals surface area contributed by atoms with E-state index in [1.54, 1.807) is 4.90 Å². The summed E-state index contributed by atoms with van der Waals surface area (Å²) < 4.78 is 0. The number of rotatable bonds is 1. The van der Waals surface area contributed by atoms with Crippen LogP contribution < -0.4 is 4.90 Å². The van der Waals surface area contributed by atoms with Gasteiger partial charge in [0, 0.05) is 24.7 Å². The summed E-state index contributed by atoms with van der Waals surface area (Å²) in [6, 6.07) is 1.89. The van der Waals surface area contributed by atoms with Crippen molar-refractivity contribution in [2.24, 2.45) is 0 Å². The highest BCUT2D eigenvalue weighted by molar-refractivity contribution is 5.94. The van der Waals surface area contributed by atoms with Crippen molar-refractivity contribution in [2.45, 2.75) is 19.8 Å². The van der Waals surface area contributed by atoms with Crippen LogP contribution in [0.15, 0.2) is 6.07 Å². The van der Waals surface area contributed by atoms with Crippen molar-refractivity contribution >= 4 is 11.7 Å². The predicted molar refractivity (Wildman–Crippen MR) is 44.9 cm³/mol. The van der Waals surface area contributed by atoms with Gasteiger partial charge in [-0.05, 0) is 13.3 Å². The molecule has 4 heteroatoms. The van der Waals surface area contributed by atoms with Crippen LogP contribution in [-0.4, -0.2) is 22.6 Å². The van der Waals surface area contributed by atoms with Crippen LogP contribution >= 0.6 is 0 Å². The van der Waals surface area contributed by atoms with Crippen LogP contribution in [0.3, 0.4) is 0 Å². The van der Waals surface area contributed by atoms with Gasteiger partial charge in [0.2, 0.25) is 5.91 Å². The number of aryl methyl sites for hydroxylation is 1. The van der Waals surface area contributed by atoms with Crippen LogP contribution in [0, 0.1) is 6.92 Å². The van der Waals surface area contributed by atoms with Crippen molar-refractivity contribution in [1.29, 1.82) is 0 Å². The molecule has 0 saturated carbocycles. The molecule has 12 heavy (non-hydrogen) atoms. The Bertz CT molecular complexity index is 305. The van der Waals surface area contributed by atoms with Gasteiger partial charge in [-0.25, -0.2) is 0 Å². The molecule has 1 fully saturated rings. The maximum absolute atomic E-state index is 11.3. The van der Waals surface area contributed by atoms with E-state index in [0.717, 1.165) is 24.5 Å². The molecule has 0 radical (unpaired) electrons. The summed E-state index contributed by atoms with van der Waals surface area (Å²) in [5.41, 5.74) is 0.990. The van der Waals surface area contributed by atoms with Crippen molar-refractivity contribution in [3.63, 3.8) is 0 Å². The van der Waals surface area contributed by atoms with Gasteiger partial charge in [-0.2, -0.15) is 5.10 Å². The van der Waals surface area contributed by atoms with Crippen LogP contribution in [0.1, 0.15) is 18.5 Å². The molecular formula is C8H11N3O. The van der Waals surface area contributed by atoms with Gasteiger partial charge >= 0.3 is 0 Å². The fourth-order valence-corrected chi connectivity index (χ4v) is 1.43. The number of hydrogen-bond acceptors (Lipinski definition) is 2. The zero-order valence-electron chi connectivity index (χ0n) is 7.00. The Morgan fingerprint density at radius 2 is 2.50 bits per heavy atom. The number of nitrogens with one attached hydrogen (secondary N) is 1. The lowest BCUT2D eigenvalue weighted by molar-refractivity contribution is -0.117. The highest BCUT2D eigenvalue weighted by atomic mass is 16.2. The highest BCUT2D eigenvalue weighted by Crippen LogP contribution is 2.18. The van der Waals surface area contributed by atoms with Gasteiger partial charge in [0.25, 0.3) is 0 Å². The van der Waals surface area contributed by atoms with Crippen molar-refractivity contribution < 1.29 is 4.79 Å². The van der Waals surface area contributed by atoms with Crippen LogP contribution in [0.5, 0.6) is 0 Å². The summed E-state index contributed by atoms with van der Waals surface area (Å²) in [4.78, 5) is 13.0. The fraction of sp³-hybridized carbons (Fsp3) is 0.500. The quantitative estimate of drug-likeness (QED) is 0.670. The summed E-state index contributed by atoms with van der Waals surface area (Å²) in [7, 11) is 0. The Morgan fingerprint density at radius 1 is 1.67 bits per heavy atom. The normalized spacial score (nSPS) is 17.4. The lowest BCUT2D eigenvalue weighted by Crippen LogP contribution is -2.23. The molecule has 1 N–H and O–H groups in total. The average Bonchev–Trinajstić information content (AvgIpc) is 2.58. The second kappa shape index (κ2) is 2.62. The zero-order chi connectivity index (χ0) is 8.55. The van der Waals surface area contributed by atoms with Crippen molar-refractivity contribution in [3.05, 3.63) is 11.8 Å². The molecule has 0 unspecified atom stereocenters. The van der Waals surface area contributed by atoms with E-state index in [2.05, 4.69) is 10.2 Å². The van der Waals surface area contributed by atoms with Gasteiger partial charge in [0.1, 0.15) is 0 Å². The lowest BCUT2D eigenvalue weighted by atomic mass is 10.4. The maximum Gasteiger partial charge on any atom is 0.228 e. The highest BCUT2D eigenvalue weighted by Gasteiger charge is 2.23. The number of aromatic amines is 1. The molecule has 1 aliphatic rings. The third-order valence-corrected chi connectivity index (χ3v) is 2.04. The van der Waals surface area contributed by atoms with Crippen LogP contribution in [-0.2, 0) is 4.79 Å². The largest absolute Gasteiger partial charge is 0.295 e. The number of nitrogens with zero attached hydrogens (tertiary/aromatic N) is 2. The molecule has 0 bridgehead atoms. The second-order valence-electron chi connectivity index (χ2n) is 3.06. The van der Waals surface area contributed by atoms with E-state index in [-0.39, 0.29) is 5.91 Å². The molecule has 2 rings (SSSR count). The number of carbonyl (C=O) groups is 1. The van der Waals surface area contributed by atoms with Gasteiger partial charge < -0.3 is 0 Å². The van der Waals surface area contributed by atoms with Crippen LogP contribution in [0.4, 0.5) is 5.82 Å². The van der Waals surface area contributed by atoms with E-state index in [4.69, 9.17) is 0 Å². The minimum absolute atomic E-state index is 0.182. The summed E-state index contributed by atoms with van der Waals surface area (Å²) in [5, 5.41) is 6.85. The number of hydrogen-bond donors (Lipinski definition) is 1. The van der Waals surface area contributed by atoms with Gasteiger partial charge in [0.15, 0.2) is 5.82 Å². The Hall–Kier alpha value is -1.32. The first-order valence-corrected chi connectivity index (χ1v) is 4.10. The maximum atomic E-state index is 11.3. The van der Waals surface area contributed by atoms with Crippen LogP contribution in [0.2, 0.25) is 0 Å². The number of aromatic nitrogens is 2. The van der Waals surface area contributed by atoms with E-state index in [1.807, 2.05) is 13.0 Å². The van der Waals surface area contributed by atoms with Crippen molar-refractivity contribution in [2.75, 3.05) is 11.4 Å². The van der Waals surface area contributed by atoms with Gasteiger partial charge in [0.05, 0.1) is 0 Å². The van der Waals surface area contributed by atoms with Gasteiger partial charge in [-0.1, -0.05) is 0 Å². The standard InChI is InChI=1S/C8H11N3O/c1-6-5-7(10-9-6)11-4-2-3-8(11)12/h5H,2-4H2,1H3,(H,9,10). The van der Waals surface area contributed by atoms with E-state index in [9.17, 15) is 4.79 Å². The van der Waals surface area contributed by atoms with Gasteiger partial charge in [-0.15, -0.1) is 0 Å². The number of carbonyl (C=O) groups excluding carboxylic acids is 1. The van der Waals surface area contributed by atoms with Crippen molar-refractivity contribution in [1.82, 2.24) is 10.2 Å². The molecule has 0 spiro atoms. The Labute approximate surface area is 70.6 Å².